The Bertz CT molecular complexity index is 1200. The molecule has 1 aliphatic heterocycles. The molecular formula is C21H18N6O2S. The highest BCUT2D eigenvalue weighted by Crippen LogP contribution is 2.29. The first-order valence-electron chi connectivity index (χ1n) is 9.51. The third kappa shape index (κ3) is 3.33. The molecule has 0 atom stereocenters. The van der Waals surface area contributed by atoms with E-state index in [0.29, 0.717) is 24.1 Å². The van der Waals surface area contributed by atoms with E-state index in [4.69, 9.17) is 0 Å². The van der Waals surface area contributed by atoms with Crippen molar-refractivity contribution in [2.75, 3.05) is 18.8 Å². The molecule has 5 rings (SSSR count). The molecule has 150 valence electrons. The molecule has 3 amide bonds. The van der Waals surface area contributed by atoms with Gasteiger partial charge in [-0.3, -0.25) is 14.3 Å². The van der Waals surface area contributed by atoms with Crippen molar-refractivity contribution >= 4 is 34.6 Å². The van der Waals surface area contributed by atoms with Gasteiger partial charge in [0.2, 0.25) is 5.91 Å². The van der Waals surface area contributed by atoms with Crippen LogP contribution in [0.5, 0.6) is 0 Å². The average Bonchev–Trinajstić information content (AvgIpc) is 3.49. The van der Waals surface area contributed by atoms with Crippen molar-refractivity contribution in [3.05, 3.63) is 60.7 Å². The van der Waals surface area contributed by atoms with E-state index < -0.39 is 0 Å². The van der Waals surface area contributed by atoms with Gasteiger partial charge in [0.15, 0.2) is 11.0 Å². The van der Waals surface area contributed by atoms with Crippen LogP contribution in [-0.2, 0) is 4.79 Å². The Balaban J connectivity index is 1.50. The molecule has 0 bridgehead atoms. The third-order valence-electron chi connectivity index (χ3n) is 4.90. The summed E-state index contributed by atoms with van der Waals surface area (Å²) >= 11 is 1.27. The first-order chi connectivity index (χ1) is 14.7. The third-order valence-corrected chi connectivity index (χ3v) is 5.81. The number of hydrogen-bond acceptors (Lipinski definition) is 5. The van der Waals surface area contributed by atoms with Crippen molar-refractivity contribution in [1.29, 1.82) is 0 Å². The standard InChI is InChI=1S/C21H18N6O2S/c28-18(26-11-10-22-20(26)29)13-30-21-25-24-19(27(21)15-7-2-1-3-8-15)17-12-14-6-4-5-9-16(14)23-17/h1-9,12,23H,10-11,13H2,(H,22,29). The van der Waals surface area contributed by atoms with E-state index in [2.05, 4.69) is 20.5 Å². The van der Waals surface area contributed by atoms with Gasteiger partial charge in [-0.15, -0.1) is 10.2 Å². The van der Waals surface area contributed by atoms with E-state index in [9.17, 15) is 9.59 Å². The number of benzene rings is 2. The largest absolute Gasteiger partial charge is 0.352 e. The Morgan fingerprint density at radius 1 is 1.07 bits per heavy atom. The second kappa shape index (κ2) is 7.68. The van der Waals surface area contributed by atoms with Crippen LogP contribution in [-0.4, -0.2) is 55.4 Å². The van der Waals surface area contributed by atoms with E-state index in [1.807, 2.05) is 65.2 Å². The summed E-state index contributed by atoms with van der Waals surface area (Å²) in [4.78, 5) is 28.8. The fourth-order valence-electron chi connectivity index (χ4n) is 3.46. The van der Waals surface area contributed by atoms with Crippen molar-refractivity contribution in [3.8, 4) is 17.2 Å². The fraction of sp³-hybridized carbons (Fsp3) is 0.143. The van der Waals surface area contributed by atoms with Crippen LogP contribution in [0.3, 0.4) is 0 Å². The molecule has 30 heavy (non-hydrogen) atoms. The molecule has 0 aliphatic carbocycles. The van der Waals surface area contributed by atoms with Crippen molar-refractivity contribution in [1.82, 2.24) is 30.0 Å². The highest BCUT2D eigenvalue weighted by molar-refractivity contribution is 7.99. The van der Waals surface area contributed by atoms with Gasteiger partial charge in [-0.2, -0.15) is 0 Å². The maximum Gasteiger partial charge on any atom is 0.324 e. The van der Waals surface area contributed by atoms with Crippen LogP contribution in [0.2, 0.25) is 0 Å². The SMILES string of the molecule is O=C(CSc1nnc(-c2cc3ccccc3[nH]2)n1-c1ccccc1)N1CCNC1=O. The number of amides is 3. The number of fused-ring (bicyclic) bond motifs is 1. The highest BCUT2D eigenvalue weighted by atomic mass is 32.2. The van der Waals surface area contributed by atoms with Crippen molar-refractivity contribution in [2.24, 2.45) is 0 Å². The molecule has 1 aliphatic rings. The van der Waals surface area contributed by atoms with Crippen LogP contribution in [0.15, 0.2) is 65.8 Å². The number of para-hydroxylation sites is 2. The lowest BCUT2D eigenvalue weighted by Crippen LogP contribution is -2.35. The van der Waals surface area contributed by atoms with Crippen LogP contribution >= 0.6 is 11.8 Å². The first-order valence-corrected chi connectivity index (χ1v) is 10.5. The fourth-order valence-corrected chi connectivity index (χ4v) is 4.28. The van der Waals surface area contributed by atoms with Gasteiger partial charge >= 0.3 is 6.03 Å². The summed E-state index contributed by atoms with van der Waals surface area (Å²) in [6.45, 7) is 0.879. The quantitative estimate of drug-likeness (QED) is 0.486. The lowest BCUT2D eigenvalue weighted by molar-refractivity contribution is -0.124. The molecule has 1 saturated heterocycles. The number of thioether (sulfide) groups is 1. The summed E-state index contributed by atoms with van der Waals surface area (Å²) in [6.07, 6.45) is 0. The van der Waals surface area contributed by atoms with E-state index in [1.54, 1.807) is 0 Å². The summed E-state index contributed by atoms with van der Waals surface area (Å²) in [6, 6.07) is 19.5. The minimum Gasteiger partial charge on any atom is -0.352 e. The lowest BCUT2D eigenvalue weighted by Gasteiger charge is -2.12. The average molecular weight is 418 g/mol. The molecule has 1 fully saturated rings. The van der Waals surface area contributed by atoms with Crippen LogP contribution in [0, 0.1) is 0 Å². The summed E-state index contributed by atoms with van der Waals surface area (Å²) in [5.41, 5.74) is 2.74. The number of carbonyl (C=O) groups excluding carboxylic acids is 2. The zero-order chi connectivity index (χ0) is 20.5. The van der Waals surface area contributed by atoms with Gasteiger partial charge < -0.3 is 10.3 Å². The van der Waals surface area contributed by atoms with Crippen LogP contribution < -0.4 is 5.32 Å². The number of urea groups is 1. The Morgan fingerprint density at radius 2 is 1.87 bits per heavy atom. The van der Waals surface area contributed by atoms with E-state index in [-0.39, 0.29) is 17.7 Å². The van der Waals surface area contributed by atoms with Crippen molar-refractivity contribution < 1.29 is 9.59 Å². The second-order valence-electron chi connectivity index (χ2n) is 6.81. The molecule has 2 N–H and O–H groups in total. The number of hydrogen-bond donors (Lipinski definition) is 2. The number of aromatic amines is 1. The number of rotatable bonds is 5. The molecule has 0 radical (unpaired) electrons. The normalized spacial score (nSPS) is 13.7. The maximum absolute atomic E-state index is 12.5. The molecule has 2 aromatic carbocycles. The molecule has 3 heterocycles. The first kappa shape index (κ1) is 18.4. The maximum atomic E-state index is 12.5. The second-order valence-corrected chi connectivity index (χ2v) is 7.76. The van der Waals surface area contributed by atoms with Crippen molar-refractivity contribution in [3.63, 3.8) is 0 Å². The van der Waals surface area contributed by atoms with Gasteiger partial charge in [-0.25, -0.2) is 4.79 Å². The van der Waals surface area contributed by atoms with Gasteiger partial charge in [0.05, 0.1) is 11.4 Å². The Hall–Kier alpha value is -3.59. The number of imide groups is 1. The smallest absolute Gasteiger partial charge is 0.324 e. The van der Waals surface area contributed by atoms with Gasteiger partial charge in [-0.1, -0.05) is 48.2 Å². The van der Waals surface area contributed by atoms with Crippen LogP contribution in [0.1, 0.15) is 0 Å². The molecule has 2 aromatic heterocycles. The summed E-state index contributed by atoms with van der Waals surface area (Å²) in [5.74, 6) is 0.515. The summed E-state index contributed by atoms with van der Waals surface area (Å²) in [5, 5.41) is 13.1. The number of H-pyrrole nitrogens is 1. The van der Waals surface area contributed by atoms with Gasteiger partial charge in [0.1, 0.15) is 0 Å². The van der Waals surface area contributed by atoms with E-state index in [0.717, 1.165) is 22.3 Å². The Kier molecular flexibility index (Phi) is 4.72. The minimum atomic E-state index is -0.344. The molecule has 0 spiro atoms. The summed E-state index contributed by atoms with van der Waals surface area (Å²) < 4.78 is 1.92. The monoisotopic (exact) mass is 418 g/mol. The van der Waals surface area contributed by atoms with E-state index in [1.165, 1.54) is 16.7 Å². The Morgan fingerprint density at radius 3 is 2.63 bits per heavy atom. The zero-order valence-electron chi connectivity index (χ0n) is 15.9. The molecule has 0 unspecified atom stereocenters. The molecule has 8 nitrogen and oxygen atoms in total. The van der Waals surface area contributed by atoms with Gasteiger partial charge in [-0.05, 0) is 24.3 Å². The predicted octanol–water partition coefficient (Wildman–Crippen LogP) is 3.06. The number of nitrogens with zero attached hydrogens (tertiary/aromatic N) is 4. The molecular weight excluding hydrogens is 400 g/mol. The van der Waals surface area contributed by atoms with Crippen molar-refractivity contribution in [2.45, 2.75) is 5.16 Å². The lowest BCUT2D eigenvalue weighted by atomic mass is 10.2. The summed E-state index contributed by atoms with van der Waals surface area (Å²) in [7, 11) is 0. The Labute approximate surface area is 176 Å². The molecule has 0 saturated carbocycles. The highest BCUT2D eigenvalue weighted by Gasteiger charge is 2.27. The predicted molar refractivity (Wildman–Crippen MR) is 114 cm³/mol. The van der Waals surface area contributed by atoms with Gasteiger partial charge in [0.25, 0.3) is 0 Å². The topological polar surface area (TPSA) is 95.9 Å². The molecule has 4 aromatic rings. The number of carbonyl (C=O) groups is 2. The van der Waals surface area contributed by atoms with E-state index >= 15 is 0 Å². The minimum absolute atomic E-state index is 0.102. The van der Waals surface area contributed by atoms with Gasteiger partial charge in [0, 0.05) is 29.7 Å². The zero-order valence-corrected chi connectivity index (χ0v) is 16.7. The number of aromatic nitrogens is 4. The number of nitrogens with one attached hydrogen (secondary N) is 2. The molecule has 9 heteroatoms. The van der Waals surface area contributed by atoms with Crippen LogP contribution in [0.25, 0.3) is 28.1 Å². The van der Waals surface area contributed by atoms with Crippen LogP contribution in [0.4, 0.5) is 4.79 Å².